The first-order valence-corrected chi connectivity index (χ1v) is 6.00. The third-order valence-corrected chi connectivity index (χ3v) is 3.17. The molecule has 0 bridgehead atoms. The summed E-state index contributed by atoms with van der Waals surface area (Å²) in [5.74, 6) is -1.20. The lowest BCUT2D eigenvalue weighted by Crippen LogP contribution is -2.48. The number of fused-ring (bicyclic) bond motifs is 1. The molecule has 98 valence electrons. The summed E-state index contributed by atoms with van der Waals surface area (Å²) in [4.78, 5) is 12.9. The minimum absolute atomic E-state index is 0.0844. The van der Waals surface area contributed by atoms with E-state index >= 15 is 0 Å². The Balaban J connectivity index is 2.26. The van der Waals surface area contributed by atoms with Crippen LogP contribution in [0, 0.1) is 0 Å². The van der Waals surface area contributed by atoms with Crippen LogP contribution in [0.15, 0.2) is 24.3 Å². The van der Waals surface area contributed by atoms with E-state index in [0.717, 1.165) is 24.3 Å². The van der Waals surface area contributed by atoms with Gasteiger partial charge in [-0.2, -0.15) is 0 Å². The van der Waals surface area contributed by atoms with Gasteiger partial charge < -0.3 is 20.4 Å². The molecular weight excluding hydrogens is 232 g/mol. The van der Waals surface area contributed by atoms with E-state index in [0.29, 0.717) is 6.54 Å². The van der Waals surface area contributed by atoms with Gasteiger partial charge in [-0.15, -0.1) is 0 Å². The molecule has 0 aromatic heterocycles. The molecule has 1 aromatic rings. The van der Waals surface area contributed by atoms with E-state index in [-0.39, 0.29) is 6.54 Å². The van der Waals surface area contributed by atoms with Crippen LogP contribution >= 0.6 is 0 Å². The van der Waals surface area contributed by atoms with E-state index in [2.05, 4.69) is 5.32 Å². The zero-order valence-corrected chi connectivity index (χ0v) is 10.4. The van der Waals surface area contributed by atoms with Crippen molar-refractivity contribution in [2.45, 2.75) is 19.1 Å². The molecular formula is C13H18N2O3. The highest BCUT2D eigenvalue weighted by Gasteiger charge is 2.33. The minimum Gasteiger partial charge on any atom is -0.479 e. The average molecular weight is 250 g/mol. The number of carboxylic acids is 1. The van der Waals surface area contributed by atoms with Crippen LogP contribution in [-0.2, 0) is 11.3 Å². The van der Waals surface area contributed by atoms with Crippen LogP contribution in [0.2, 0.25) is 0 Å². The maximum atomic E-state index is 11.0. The predicted molar refractivity (Wildman–Crippen MR) is 68.6 cm³/mol. The molecule has 3 N–H and O–H groups in total. The fourth-order valence-corrected chi connectivity index (χ4v) is 2.13. The van der Waals surface area contributed by atoms with Gasteiger partial charge in [0.1, 0.15) is 0 Å². The zero-order valence-electron chi connectivity index (χ0n) is 10.4. The Labute approximate surface area is 106 Å². The first kappa shape index (κ1) is 12.9. The van der Waals surface area contributed by atoms with Gasteiger partial charge in [-0.3, -0.25) is 0 Å². The van der Waals surface area contributed by atoms with Crippen molar-refractivity contribution in [1.82, 2.24) is 5.32 Å². The Morgan fingerprint density at radius 1 is 1.50 bits per heavy atom. The largest absolute Gasteiger partial charge is 0.479 e. The van der Waals surface area contributed by atoms with Gasteiger partial charge in [-0.1, -0.05) is 18.2 Å². The average Bonchev–Trinajstić information content (AvgIpc) is 2.52. The van der Waals surface area contributed by atoms with Gasteiger partial charge in [0.2, 0.25) is 0 Å². The summed E-state index contributed by atoms with van der Waals surface area (Å²) in [6, 6.07) is 7.85. The molecule has 5 heteroatoms. The maximum Gasteiger partial charge on any atom is 0.337 e. The molecule has 1 unspecified atom stereocenters. The van der Waals surface area contributed by atoms with E-state index in [4.69, 9.17) is 5.11 Å². The number of para-hydroxylation sites is 1. The highest BCUT2D eigenvalue weighted by Crippen LogP contribution is 2.23. The molecule has 0 fully saturated rings. The number of benzene rings is 1. The number of aliphatic carboxylic acids is 1. The Bertz CT molecular complexity index is 446. The molecule has 0 saturated carbocycles. The fourth-order valence-electron chi connectivity index (χ4n) is 2.13. The Kier molecular flexibility index (Phi) is 3.54. The second-order valence-electron chi connectivity index (χ2n) is 4.81. The number of nitrogens with zero attached hydrogens (tertiary/aromatic N) is 1. The third-order valence-electron chi connectivity index (χ3n) is 3.17. The van der Waals surface area contributed by atoms with Gasteiger partial charge in [-0.05, 0) is 18.6 Å². The smallest absolute Gasteiger partial charge is 0.337 e. The van der Waals surface area contributed by atoms with Crippen LogP contribution in [0.25, 0.3) is 0 Å². The van der Waals surface area contributed by atoms with Gasteiger partial charge in [-0.25, -0.2) is 4.79 Å². The van der Waals surface area contributed by atoms with Gasteiger partial charge in [0.25, 0.3) is 0 Å². The molecule has 0 amide bonds. The number of aliphatic hydroxyl groups is 1. The van der Waals surface area contributed by atoms with Crippen LogP contribution in [0.4, 0.5) is 5.69 Å². The van der Waals surface area contributed by atoms with Crippen LogP contribution < -0.4 is 10.2 Å². The lowest BCUT2D eigenvalue weighted by molar-refractivity contribution is -0.155. The number of rotatable bonds is 3. The first-order valence-electron chi connectivity index (χ1n) is 6.00. The highest BCUT2D eigenvalue weighted by molar-refractivity contribution is 5.77. The number of anilines is 1. The molecule has 1 heterocycles. The summed E-state index contributed by atoms with van der Waals surface area (Å²) in [6.45, 7) is 3.63. The third kappa shape index (κ3) is 2.63. The van der Waals surface area contributed by atoms with Crippen molar-refractivity contribution >= 4 is 11.7 Å². The van der Waals surface area contributed by atoms with E-state index in [1.165, 1.54) is 6.92 Å². The maximum absolute atomic E-state index is 11.0. The molecule has 0 spiro atoms. The van der Waals surface area contributed by atoms with Crippen molar-refractivity contribution in [3.8, 4) is 0 Å². The normalized spacial score (nSPS) is 18.7. The van der Waals surface area contributed by atoms with Crippen LogP contribution in [0.1, 0.15) is 12.5 Å². The number of β-amino-alcohol motifs (C(OH)–C–C–N with tert-alkyl or cyclic N) is 1. The molecule has 1 aromatic carbocycles. The second-order valence-corrected chi connectivity index (χ2v) is 4.81. The lowest BCUT2D eigenvalue weighted by atomic mass is 10.1. The van der Waals surface area contributed by atoms with E-state index < -0.39 is 11.6 Å². The fraction of sp³-hybridized carbons (Fsp3) is 0.462. The van der Waals surface area contributed by atoms with Crippen molar-refractivity contribution in [2.75, 3.05) is 24.5 Å². The minimum atomic E-state index is -1.74. The summed E-state index contributed by atoms with van der Waals surface area (Å²) in [5, 5.41) is 22.2. The van der Waals surface area contributed by atoms with Crippen molar-refractivity contribution in [2.24, 2.45) is 0 Å². The number of carbonyl (C=O) groups is 1. The van der Waals surface area contributed by atoms with Gasteiger partial charge in [0.15, 0.2) is 5.60 Å². The lowest BCUT2D eigenvalue weighted by Gasteiger charge is -2.30. The van der Waals surface area contributed by atoms with Crippen LogP contribution in [0.5, 0.6) is 0 Å². The highest BCUT2D eigenvalue weighted by atomic mass is 16.4. The predicted octanol–water partition coefficient (Wildman–Crippen LogP) is 0.432. The molecule has 0 saturated heterocycles. The summed E-state index contributed by atoms with van der Waals surface area (Å²) in [5.41, 5.74) is 0.373. The van der Waals surface area contributed by atoms with Gasteiger partial charge in [0.05, 0.1) is 6.54 Å². The molecule has 5 nitrogen and oxygen atoms in total. The Morgan fingerprint density at radius 2 is 2.22 bits per heavy atom. The number of hydrogen-bond acceptors (Lipinski definition) is 4. The van der Waals surface area contributed by atoms with Crippen molar-refractivity contribution in [3.05, 3.63) is 29.8 Å². The van der Waals surface area contributed by atoms with E-state index in [1.54, 1.807) is 0 Å². The topological polar surface area (TPSA) is 72.8 Å². The first-order chi connectivity index (χ1) is 8.50. The van der Waals surface area contributed by atoms with Crippen LogP contribution in [-0.4, -0.2) is 41.4 Å². The summed E-state index contributed by atoms with van der Waals surface area (Å²) >= 11 is 0. The molecule has 2 rings (SSSR count). The zero-order chi connectivity index (χ0) is 13.2. The van der Waals surface area contributed by atoms with Gasteiger partial charge in [0, 0.05) is 25.3 Å². The monoisotopic (exact) mass is 250 g/mol. The van der Waals surface area contributed by atoms with E-state index in [1.807, 2.05) is 29.2 Å². The Hall–Kier alpha value is -1.59. The molecule has 1 aliphatic heterocycles. The van der Waals surface area contributed by atoms with Crippen molar-refractivity contribution in [3.63, 3.8) is 0 Å². The number of carboxylic acid groups (broad SMARTS) is 1. The summed E-state index contributed by atoms with van der Waals surface area (Å²) < 4.78 is 0. The van der Waals surface area contributed by atoms with Crippen LogP contribution in [0.3, 0.4) is 0 Å². The standard InChI is InChI=1S/C13H18N2O3/c1-13(18,12(16)17)9-15-7-6-14-8-10-4-2-3-5-11(10)15/h2-5,14,18H,6-9H2,1H3,(H,16,17). The molecule has 1 atom stereocenters. The van der Waals surface area contributed by atoms with E-state index in [9.17, 15) is 9.90 Å². The molecule has 0 radical (unpaired) electrons. The van der Waals surface area contributed by atoms with Crippen molar-refractivity contribution < 1.29 is 15.0 Å². The molecule has 18 heavy (non-hydrogen) atoms. The number of hydrogen-bond donors (Lipinski definition) is 3. The van der Waals surface area contributed by atoms with Gasteiger partial charge >= 0.3 is 5.97 Å². The molecule has 1 aliphatic rings. The summed E-state index contributed by atoms with van der Waals surface area (Å²) in [7, 11) is 0. The Morgan fingerprint density at radius 3 is 2.94 bits per heavy atom. The number of nitrogens with one attached hydrogen (secondary N) is 1. The quantitative estimate of drug-likeness (QED) is 0.725. The molecule has 0 aliphatic carbocycles. The SMILES string of the molecule is CC(O)(CN1CCNCc2ccccc21)C(=O)O. The summed E-state index contributed by atoms with van der Waals surface area (Å²) in [6.07, 6.45) is 0. The second kappa shape index (κ2) is 4.96. The van der Waals surface area contributed by atoms with Crippen molar-refractivity contribution in [1.29, 1.82) is 0 Å².